The third-order valence-electron chi connectivity index (χ3n) is 10.9. The number of hydrogen-bond acceptors (Lipinski definition) is 11. The smallest absolute Gasteiger partial charge is 0.280 e. The van der Waals surface area contributed by atoms with Gasteiger partial charge in [-0.3, -0.25) is 23.9 Å². The van der Waals surface area contributed by atoms with Crippen LogP contribution in [0.25, 0.3) is 11.0 Å². The van der Waals surface area contributed by atoms with E-state index in [1.165, 1.54) is 34.4 Å². The van der Waals surface area contributed by atoms with Gasteiger partial charge in [-0.1, -0.05) is 31.9 Å². The van der Waals surface area contributed by atoms with Crippen molar-refractivity contribution in [1.29, 1.82) is 0 Å². The number of benzene rings is 1. The average molecular weight is 782 g/mol. The lowest BCUT2D eigenvalue weighted by Crippen LogP contribution is -2.58. The molecular formula is C37H44FN7O7S2. The van der Waals surface area contributed by atoms with Gasteiger partial charge in [-0.2, -0.15) is 0 Å². The lowest BCUT2D eigenvalue weighted by molar-refractivity contribution is -0.141. The number of sulfonamides is 1. The SMILES string of the molecule is CCc1nc2ccc(F)cc2nc1O[C@@H]1C[C@H]2C(=O)N[C@]3(C(=O)NS(=O)(=O)C4(C)CC4)C[C@H]3C=CCCCCC[C@H](NC(=O)c3ncc(C)s3)C(=O)N2C1. The van der Waals surface area contributed by atoms with E-state index in [2.05, 4.69) is 30.3 Å². The molecule has 2 aromatic heterocycles. The number of ether oxygens (including phenoxy) is 1. The fourth-order valence-electron chi connectivity index (χ4n) is 7.16. The number of nitrogens with zero attached hydrogens (tertiary/aromatic N) is 4. The minimum atomic E-state index is -4.01. The van der Waals surface area contributed by atoms with E-state index in [0.29, 0.717) is 49.7 Å². The van der Waals surface area contributed by atoms with E-state index >= 15 is 0 Å². The van der Waals surface area contributed by atoms with Gasteiger partial charge in [0.15, 0.2) is 5.01 Å². The first kappa shape index (κ1) is 37.8. The van der Waals surface area contributed by atoms with Gasteiger partial charge in [0.1, 0.15) is 35.2 Å². The van der Waals surface area contributed by atoms with Crippen molar-refractivity contribution in [2.24, 2.45) is 5.92 Å². The van der Waals surface area contributed by atoms with E-state index in [1.807, 2.05) is 26.0 Å². The Morgan fingerprint density at radius 1 is 1.15 bits per heavy atom. The third-order valence-corrected chi connectivity index (χ3v) is 13.9. The molecule has 4 aliphatic rings. The van der Waals surface area contributed by atoms with E-state index in [1.54, 1.807) is 13.1 Å². The predicted octanol–water partition coefficient (Wildman–Crippen LogP) is 3.64. The van der Waals surface area contributed by atoms with Crippen molar-refractivity contribution in [3.05, 3.63) is 57.9 Å². The normalized spacial score (nSPS) is 26.9. The Morgan fingerprint density at radius 2 is 1.94 bits per heavy atom. The summed E-state index contributed by atoms with van der Waals surface area (Å²) in [7, 11) is -4.01. The molecule has 3 aromatic rings. The number of aromatic nitrogens is 3. The Morgan fingerprint density at radius 3 is 2.67 bits per heavy atom. The van der Waals surface area contributed by atoms with Crippen LogP contribution < -0.4 is 20.1 Å². The van der Waals surface area contributed by atoms with Crippen LogP contribution in [0.3, 0.4) is 0 Å². The molecule has 4 amide bonds. The highest BCUT2D eigenvalue weighted by Crippen LogP contribution is 2.47. The van der Waals surface area contributed by atoms with E-state index in [-0.39, 0.29) is 35.8 Å². The Bertz CT molecular complexity index is 2140. The van der Waals surface area contributed by atoms with Crippen LogP contribution in [-0.4, -0.2) is 86.9 Å². The second-order valence-corrected chi connectivity index (χ2v) is 18.4. The standard InChI is InChI=1S/C37H44FN7O7S2/c1-4-25-32(42-28-16-23(38)12-13-26(28)40-25)52-24-17-29-30(46)43-37(35(49)44-54(50,51)36(3)14-15-36)18-22(37)10-8-6-5-7-9-11-27(34(48)45(29)20-24)41-31(47)33-39-19-21(2)53-33/h8,10,12-13,16,19,22,24,27,29H,4-7,9,11,14-15,17-18,20H2,1-3H3,(H,41,47)(H,43,46)(H,44,49)/t22-,24-,27+,29+,37-/m1/s1. The van der Waals surface area contributed by atoms with Crippen LogP contribution in [0.4, 0.5) is 4.39 Å². The zero-order chi connectivity index (χ0) is 38.4. The highest BCUT2D eigenvalue weighted by Gasteiger charge is 2.63. The molecule has 3 fully saturated rings. The molecule has 1 aromatic carbocycles. The number of aryl methyl sites for hydroxylation is 2. The number of amides is 4. The van der Waals surface area contributed by atoms with Crippen molar-refractivity contribution in [1.82, 2.24) is 35.2 Å². The van der Waals surface area contributed by atoms with Crippen LogP contribution in [0.5, 0.6) is 5.88 Å². The molecule has 2 saturated carbocycles. The van der Waals surface area contributed by atoms with Gasteiger partial charge >= 0.3 is 0 Å². The first-order chi connectivity index (χ1) is 25.7. The van der Waals surface area contributed by atoms with Gasteiger partial charge in [0.25, 0.3) is 11.8 Å². The number of carbonyl (C=O) groups excluding carboxylic acids is 4. The van der Waals surface area contributed by atoms with Crippen molar-refractivity contribution < 1.29 is 36.7 Å². The maximum atomic E-state index is 14.5. The molecule has 5 atom stereocenters. The van der Waals surface area contributed by atoms with Crippen LogP contribution in [0, 0.1) is 18.7 Å². The number of carbonyl (C=O) groups is 4. The monoisotopic (exact) mass is 781 g/mol. The molecule has 2 aliphatic heterocycles. The molecule has 0 bridgehead atoms. The largest absolute Gasteiger partial charge is 0.471 e. The highest BCUT2D eigenvalue weighted by molar-refractivity contribution is 7.91. The number of thiazole rings is 1. The Kier molecular flexibility index (Phi) is 10.2. The van der Waals surface area contributed by atoms with Gasteiger partial charge in [-0.15, -0.1) is 11.3 Å². The fraction of sp³-hybridized carbons (Fsp3) is 0.541. The number of hydrogen-bond donors (Lipinski definition) is 3. The summed E-state index contributed by atoms with van der Waals surface area (Å²) in [5, 5.41) is 5.93. The van der Waals surface area contributed by atoms with Crippen molar-refractivity contribution in [3.63, 3.8) is 0 Å². The number of rotatable bonds is 8. The quantitative estimate of drug-likeness (QED) is 0.285. The lowest BCUT2D eigenvalue weighted by atomic mass is 10.0. The van der Waals surface area contributed by atoms with Crippen LogP contribution in [0.1, 0.15) is 92.0 Å². The highest BCUT2D eigenvalue weighted by atomic mass is 32.2. The molecule has 14 nitrogen and oxygen atoms in total. The van der Waals surface area contributed by atoms with Crippen LogP contribution in [-0.2, 0) is 30.8 Å². The summed E-state index contributed by atoms with van der Waals surface area (Å²) >= 11 is 1.20. The summed E-state index contributed by atoms with van der Waals surface area (Å²) in [6, 6.07) is 1.92. The van der Waals surface area contributed by atoms with Crippen molar-refractivity contribution in [3.8, 4) is 5.88 Å². The van der Waals surface area contributed by atoms with Crippen molar-refractivity contribution in [2.45, 2.75) is 113 Å². The maximum absolute atomic E-state index is 14.5. The summed E-state index contributed by atoms with van der Waals surface area (Å²) in [6.45, 7) is 5.20. The molecule has 0 spiro atoms. The molecule has 4 heterocycles. The number of allylic oxidation sites excluding steroid dienone is 1. The Balaban J connectivity index is 1.21. The van der Waals surface area contributed by atoms with Gasteiger partial charge < -0.3 is 20.3 Å². The second-order valence-electron chi connectivity index (χ2n) is 15.0. The average Bonchev–Trinajstić information content (AvgIpc) is 3.93. The molecule has 54 heavy (non-hydrogen) atoms. The summed E-state index contributed by atoms with van der Waals surface area (Å²) in [5.74, 6) is -3.30. The van der Waals surface area contributed by atoms with Crippen LogP contribution in [0.15, 0.2) is 36.5 Å². The first-order valence-corrected chi connectivity index (χ1v) is 20.7. The molecule has 1 saturated heterocycles. The van der Waals surface area contributed by atoms with E-state index in [4.69, 9.17) is 4.74 Å². The van der Waals surface area contributed by atoms with Crippen molar-refractivity contribution >= 4 is 56.0 Å². The summed E-state index contributed by atoms with van der Waals surface area (Å²) in [6.07, 6.45) is 9.18. The number of nitrogens with one attached hydrogen (secondary N) is 3. The van der Waals surface area contributed by atoms with Gasteiger partial charge in [-0.05, 0) is 70.9 Å². The first-order valence-electron chi connectivity index (χ1n) is 18.4. The topological polar surface area (TPSA) is 190 Å². The van der Waals surface area contributed by atoms with Crippen LogP contribution >= 0.6 is 11.3 Å². The molecule has 17 heteroatoms. The number of fused-ring (bicyclic) bond motifs is 3. The van der Waals surface area contributed by atoms with E-state index in [0.717, 1.165) is 17.7 Å². The molecule has 7 rings (SSSR count). The fourth-order valence-corrected chi connectivity index (χ4v) is 9.14. The van der Waals surface area contributed by atoms with Gasteiger partial charge in [0.05, 0.1) is 22.3 Å². The van der Waals surface area contributed by atoms with Gasteiger partial charge in [0, 0.05) is 29.5 Å². The zero-order valence-electron chi connectivity index (χ0n) is 30.4. The zero-order valence-corrected chi connectivity index (χ0v) is 32.0. The molecule has 288 valence electrons. The summed E-state index contributed by atoms with van der Waals surface area (Å²) in [5.41, 5.74) is -0.274. The minimum absolute atomic E-state index is 0.00941. The molecule has 0 unspecified atom stereocenters. The molecule has 2 aliphatic carbocycles. The van der Waals surface area contributed by atoms with Gasteiger partial charge in [0.2, 0.25) is 27.7 Å². The second kappa shape index (κ2) is 14.6. The van der Waals surface area contributed by atoms with E-state index in [9.17, 15) is 32.0 Å². The Labute approximate surface area is 316 Å². The van der Waals surface area contributed by atoms with Crippen molar-refractivity contribution in [2.75, 3.05) is 6.54 Å². The lowest BCUT2D eigenvalue weighted by Gasteiger charge is -2.30. The minimum Gasteiger partial charge on any atom is -0.471 e. The molecule has 3 N–H and O–H groups in total. The summed E-state index contributed by atoms with van der Waals surface area (Å²) in [4.78, 5) is 71.6. The number of halogens is 1. The molecule has 0 radical (unpaired) electrons. The third kappa shape index (κ3) is 7.56. The van der Waals surface area contributed by atoms with Crippen LogP contribution in [0.2, 0.25) is 0 Å². The molecular weight excluding hydrogens is 738 g/mol. The maximum Gasteiger partial charge on any atom is 0.280 e. The van der Waals surface area contributed by atoms with Gasteiger partial charge in [-0.25, -0.2) is 27.8 Å². The predicted molar refractivity (Wildman–Crippen MR) is 197 cm³/mol. The summed E-state index contributed by atoms with van der Waals surface area (Å²) < 4.78 is 47.9. The Hall–Kier alpha value is -4.51. The van der Waals surface area contributed by atoms with E-state index < -0.39 is 73.9 Å².